The van der Waals surface area contributed by atoms with Crippen LogP contribution in [0.15, 0.2) is 48.5 Å². The molecule has 0 saturated carbocycles. The average Bonchev–Trinajstić information content (AvgIpc) is 3.52. The molecule has 0 radical (unpaired) electrons. The summed E-state index contributed by atoms with van der Waals surface area (Å²) in [4.78, 5) is 38.6. The van der Waals surface area contributed by atoms with Gasteiger partial charge in [-0.05, 0) is 47.9 Å². The number of alkyl carbamates (subject to hydrolysis) is 1. The highest BCUT2D eigenvalue weighted by Gasteiger charge is 2.51. The smallest absolute Gasteiger partial charge is 0.407 e. The zero-order chi connectivity index (χ0) is 23.8. The van der Waals surface area contributed by atoms with Gasteiger partial charge in [-0.25, -0.2) is 4.79 Å². The predicted octanol–water partition coefficient (Wildman–Crippen LogP) is 4.02. The first-order chi connectivity index (χ1) is 16.5. The predicted molar refractivity (Wildman–Crippen MR) is 126 cm³/mol. The second-order valence-electron chi connectivity index (χ2n) is 9.67. The number of hydrogen-bond donors (Lipinski definition) is 2. The van der Waals surface area contributed by atoms with E-state index in [9.17, 15) is 19.5 Å². The number of carboxylic acids is 1. The van der Waals surface area contributed by atoms with Gasteiger partial charge in [0, 0.05) is 30.5 Å². The zero-order valence-corrected chi connectivity index (χ0v) is 19.3. The summed E-state index contributed by atoms with van der Waals surface area (Å²) >= 11 is 0. The first kappa shape index (κ1) is 22.4. The summed E-state index contributed by atoms with van der Waals surface area (Å²) in [5, 5.41) is 12.2. The minimum absolute atomic E-state index is 0.00599. The number of benzene rings is 2. The zero-order valence-electron chi connectivity index (χ0n) is 19.3. The Kier molecular flexibility index (Phi) is 6.02. The quantitative estimate of drug-likeness (QED) is 0.648. The summed E-state index contributed by atoms with van der Waals surface area (Å²) in [7, 11) is 0. The lowest BCUT2D eigenvalue weighted by atomic mass is 9.89. The molecule has 5 rings (SSSR count). The van der Waals surface area contributed by atoms with Crippen molar-refractivity contribution in [2.45, 2.75) is 50.6 Å². The van der Waals surface area contributed by atoms with Crippen molar-refractivity contribution in [3.05, 3.63) is 59.7 Å². The SMILES string of the molecule is CC(CCNC(=O)OCC1c2ccccc2-c2ccccc21)C(=O)N1C2CCC1C(C(=O)O)C2. The average molecular weight is 463 g/mol. The van der Waals surface area contributed by atoms with Crippen LogP contribution in [0, 0.1) is 11.8 Å². The fraction of sp³-hybridized carbons (Fsp3) is 0.444. The van der Waals surface area contributed by atoms with Crippen molar-refractivity contribution in [3.8, 4) is 11.1 Å². The van der Waals surface area contributed by atoms with Gasteiger partial charge in [0.2, 0.25) is 5.91 Å². The van der Waals surface area contributed by atoms with E-state index in [0.717, 1.165) is 24.0 Å². The summed E-state index contributed by atoms with van der Waals surface area (Å²) < 4.78 is 5.56. The largest absolute Gasteiger partial charge is 0.481 e. The molecule has 2 aromatic rings. The van der Waals surface area contributed by atoms with E-state index < -0.39 is 18.0 Å². The molecule has 0 spiro atoms. The Balaban J connectivity index is 1.11. The minimum atomic E-state index is -0.811. The maximum absolute atomic E-state index is 13.0. The first-order valence-electron chi connectivity index (χ1n) is 12.1. The van der Waals surface area contributed by atoms with Crippen molar-refractivity contribution in [1.82, 2.24) is 10.2 Å². The van der Waals surface area contributed by atoms with Gasteiger partial charge in [0.1, 0.15) is 6.61 Å². The van der Waals surface area contributed by atoms with E-state index in [1.807, 2.05) is 31.2 Å². The molecule has 2 fully saturated rings. The van der Waals surface area contributed by atoms with Gasteiger partial charge in [0.25, 0.3) is 0 Å². The van der Waals surface area contributed by atoms with E-state index in [-0.39, 0.29) is 36.4 Å². The lowest BCUT2D eigenvalue weighted by Crippen LogP contribution is -2.41. The molecule has 3 aliphatic rings. The maximum Gasteiger partial charge on any atom is 0.407 e. The molecule has 2 heterocycles. The molecule has 4 atom stereocenters. The van der Waals surface area contributed by atoms with Crippen LogP contribution in [0.5, 0.6) is 0 Å². The fourth-order valence-electron chi connectivity index (χ4n) is 6.02. The number of ether oxygens (including phenoxy) is 1. The Labute approximate surface area is 199 Å². The van der Waals surface area contributed by atoms with E-state index in [0.29, 0.717) is 19.4 Å². The summed E-state index contributed by atoms with van der Waals surface area (Å²) in [5.41, 5.74) is 4.69. The summed E-state index contributed by atoms with van der Waals surface area (Å²) in [6.45, 7) is 2.42. The van der Waals surface area contributed by atoms with Gasteiger partial charge in [0.05, 0.1) is 5.92 Å². The topological polar surface area (TPSA) is 95.9 Å². The van der Waals surface area contributed by atoms with Crippen molar-refractivity contribution >= 4 is 18.0 Å². The Hall–Kier alpha value is -3.35. The fourth-order valence-corrected chi connectivity index (χ4v) is 6.02. The molecule has 7 nitrogen and oxygen atoms in total. The lowest BCUT2D eigenvalue weighted by Gasteiger charge is -2.26. The highest BCUT2D eigenvalue weighted by molar-refractivity contribution is 5.82. The number of rotatable bonds is 7. The van der Waals surface area contributed by atoms with Crippen LogP contribution in [0.25, 0.3) is 11.1 Å². The minimum Gasteiger partial charge on any atom is -0.481 e. The van der Waals surface area contributed by atoms with Gasteiger partial charge < -0.3 is 20.1 Å². The van der Waals surface area contributed by atoms with Crippen LogP contribution >= 0.6 is 0 Å². The number of nitrogens with one attached hydrogen (secondary N) is 1. The van der Waals surface area contributed by atoms with Gasteiger partial charge in [-0.3, -0.25) is 9.59 Å². The first-order valence-corrected chi connectivity index (χ1v) is 12.1. The molecule has 2 aromatic carbocycles. The van der Waals surface area contributed by atoms with Crippen LogP contribution in [-0.2, 0) is 14.3 Å². The van der Waals surface area contributed by atoms with Gasteiger partial charge in [-0.15, -0.1) is 0 Å². The Morgan fingerprint density at radius 1 is 1.06 bits per heavy atom. The van der Waals surface area contributed by atoms with Crippen LogP contribution in [0.3, 0.4) is 0 Å². The molecule has 2 aliphatic heterocycles. The van der Waals surface area contributed by atoms with Crippen LogP contribution in [-0.4, -0.2) is 53.2 Å². The van der Waals surface area contributed by atoms with Crippen LogP contribution in [0.1, 0.15) is 49.7 Å². The summed E-state index contributed by atoms with van der Waals surface area (Å²) in [6, 6.07) is 16.2. The van der Waals surface area contributed by atoms with E-state index in [4.69, 9.17) is 4.74 Å². The Morgan fingerprint density at radius 3 is 2.32 bits per heavy atom. The summed E-state index contributed by atoms with van der Waals surface area (Å²) in [6.07, 6.45) is 2.18. The molecule has 2 N–H and O–H groups in total. The number of aliphatic carboxylic acids is 1. The third-order valence-electron chi connectivity index (χ3n) is 7.72. The normalized spacial score (nSPS) is 23.3. The number of carbonyl (C=O) groups is 3. The molecule has 2 amide bonds. The third-order valence-corrected chi connectivity index (χ3v) is 7.72. The standard InChI is InChI=1S/C27H30N2O5/c1-16(25(30)29-17-10-11-24(29)22(14-17)26(31)32)12-13-28-27(33)34-15-23-20-8-4-2-6-18(20)19-7-3-5-9-21(19)23/h2-9,16-17,22-24H,10-15H2,1H3,(H,28,33)(H,31,32). The van der Waals surface area contributed by atoms with Crippen molar-refractivity contribution < 1.29 is 24.2 Å². The molecule has 2 bridgehead atoms. The number of hydrogen-bond acceptors (Lipinski definition) is 4. The van der Waals surface area contributed by atoms with Crippen LogP contribution in [0.4, 0.5) is 4.79 Å². The molecule has 4 unspecified atom stereocenters. The van der Waals surface area contributed by atoms with Gasteiger partial charge >= 0.3 is 12.1 Å². The van der Waals surface area contributed by atoms with Gasteiger partial charge in [-0.1, -0.05) is 55.5 Å². The highest BCUT2D eigenvalue weighted by Crippen LogP contribution is 2.45. The number of nitrogens with zero attached hydrogens (tertiary/aromatic N) is 1. The monoisotopic (exact) mass is 462 g/mol. The molecule has 1 aliphatic carbocycles. The van der Waals surface area contributed by atoms with Gasteiger partial charge in [-0.2, -0.15) is 0 Å². The van der Waals surface area contributed by atoms with E-state index >= 15 is 0 Å². The molecular formula is C27H30N2O5. The Morgan fingerprint density at radius 2 is 1.71 bits per heavy atom. The van der Waals surface area contributed by atoms with Crippen molar-refractivity contribution in [1.29, 1.82) is 0 Å². The number of amides is 2. The van der Waals surface area contributed by atoms with Gasteiger partial charge in [0.15, 0.2) is 0 Å². The highest BCUT2D eigenvalue weighted by atomic mass is 16.5. The molecule has 7 heteroatoms. The van der Waals surface area contributed by atoms with Crippen molar-refractivity contribution in [2.75, 3.05) is 13.2 Å². The van der Waals surface area contributed by atoms with Crippen LogP contribution in [0.2, 0.25) is 0 Å². The number of carbonyl (C=O) groups excluding carboxylic acids is 2. The molecule has 178 valence electrons. The Bertz CT molecular complexity index is 1070. The second kappa shape index (κ2) is 9.12. The molecular weight excluding hydrogens is 432 g/mol. The van der Waals surface area contributed by atoms with E-state index in [1.165, 1.54) is 11.1 Å². The summed E-state index contributed by atoms with van der Waals surface area (Å²) in [5.74, 6) is -1.55. The second-order valence-corrected chi connectivity index (χ2v) is 9.67. The number of fused-ring (bicyclic) bond motifs is 5. The van der Waals surface area contributed by atoms with Crippen molar-refractivity contribution in [3.63, 3.8) is 0 Å². The third kappa shape index (κ3) is 3.93. The maximum atomic E-state index is 13.0. The van der Waals surface area contributed by atoms with E-state index in [1.54, 1.807) is 4.90 Å². The molecule has 0 aromatic heterocycles. The van der Waals surface area contributed by atoms with Crippen molar-refractivity contribution in [2.24, 2.45) is 11.8 Å². The molecule has 34 heavy (non-hydrogen) atoms. The lowest BCUT2D eigenvalue weighted by molar-refractivity contribution is -0.143. The number of carboxylic acid groups (broad SMARTS) is 1. The van der Waals surface area contributed by atoms with Crippen LogP contribution < -0.4 is 5.32 Å². The van der Waals surface area contributed by atoms with E-state index in [2.05, 4.69) is 29.6 Å². The molecule has 2 saturated heterocycles.